The molecule has 0 fully saturated rings. The summed E-state index contributed by atoms with van der Waals surface area (Å²) >= 11 is 0. The fourth-order valence-electron chi connectivity index (χ4n) is 1.95. The number of rotatable bonds is 7. The number of ether oxygens (including phenoxy) is 1. The first-order valence-electron chi connectivity index (χ1n) is 7.28. The van der Waals surface area contributed by atoms with Crippen LogP contribution in [-0.2, 0) is 4.79 Å². The van der Waals surface area contributed by atoms with Crippen molar-refractivity contribution in [1.29, 1.82) is 0 Å². The summed E-state index contributed by atoms with van der Waals surface area (Å²) in [5.41, 5.74) is 6.95. The van der Waals surface area contributed by atoms with Crippen molar-refractivity contribution < 1.29 is 9.53 Å². The summed E-state index contributed by atoms with van der Waals surface area (Å²) in [5.74, 6) is 0.892. The van der Waals surface area contributed by atoms with Crippen molar-refractivity contribution in [2.24, 2.45) is 11.7 Å². The van der Waals surface area contributed by atoms with E-state index in [1.54, 1.807) is 0 Å². The van der Waals surface area contributed by atoms with Gasteiger partial charge in [0.25, 0.3) is 0 Å². The number of nitrogens with one attached hydrogen (secondary N) is 1. The molecule has 0 radical (unpaired) electrons. The van der Waals surface area contributed by atoms with Crippen molar-refractivity contribution in [3.05, 3.63) is 29.8 Å². The van der Waals surface area contributed by atoms with Crippen LogP contribution < -0.4 is 15.8 Å². The summed E-state index contributed by atoms with van der Waals surface area (Å²) < 4.78 is 5.47. The van der Waals surface area contributed by atoms with Gasteiger partial charge in [-0.3, -0.25) is 4.79 Å². The normalized spacial score (nSPS) is 15.2. The summed E-state index contributed by atoms with van der Waals surface area (Å²) in [6, 6.07) is 7.21. The number of carbonyl (C=O) groups excluding carboxylic acids is 1. The molecule has 0 saturated carbocycles. The van der Waals surface area contributed by atoms with Gasteiger partial charge in [-0.05, 0) is 37.5 Å². The van der Waals surface area contributed by atoms with E-state index in [0.29, 0.717) is 6.61 Å². The molecular weight excluding hydrogens is 252 g/mol. The van der Waals surface area contributed by atoms with Gasteiger partial charge in [-0.1, -0.05) is 32.4 Å². The summed E-state index contributed by atoms with van der Waals surface area (Å²) in [7, 11) is 0. The van der Waals surface area contributed by atoms with Gasteiger partial charge in [-0.2, -0.15) is 0 Å². The minimum absolute atomic E-state index is 0.0852. The minimum atomic E-state index is -0.461. The Morgan fingerprint density at radius 1 is 1.35 bits per heavy atom. The zero-order valence-corrected chi connectivity index (χ0v) is 12.8. The largest absolute Gasteiger partial charge is 0.494 e. The third-order valence-corrected chi connectivity index (χ3v) is 3.59. The Hall–Kier alpha value is -1.55. The second-order valence-electron chi connectivity index (χ2n) is 5.15. The van der Waals surface area contributed by atoms with Crippen molar-refractivity contribution in [1.82, 2.24) is 5.32 Å². The van der Waals surface area contributed by atoms with Crippen LogP contribution in [0.4, 0.5) is 0 Å². The molecule has 20 heavy (non-hydrogen) atoms. The third kappa shape index (κ3) is 4.53. The molecule has 1 rings (SSSR count). The highest BCUT2D eigenvalue weighted by Crippen LogP contribution is 2.19. The van der Waals surface area contributed by atoms with Gasteiger partial charge in [0.15, 0.2) is 0 Å². The van der Waals surface area contributed by atoms with Gasteiger partial charge in [-0.25, -0.2) is 0 Å². The van der Waals surface area contributed by atoms with Crippen molar-refractivity contribution in [2.75, 3.05) is 6.61 Å². The molecule has 1 unspecified atom stereocenters. The van der Waals surface area contributed by atoms with Gasteiger partial charge >= 0.3 is 0 Å². The minimum Gasteiger partial charge on any atom is -0.494 e. The van der Waals surface area contributed by atoms with Crippen LogP contribution in [0.1, 0.15) is 45.7 Å². The first kappa shape index (κ1) is 16.5. The Kier molecular flexibility index (Phi) is 6.52. The van der Waals surface area contributed by atoms with Crippen molar-refractivity contribution in [3.8, 4) is 5.75 Å². The quantitative estimate of drug-likeness (QED) is 0.806. The first-order valence-corrected chi connectivity index (χ1v) is 7.28. The van der Waals surface area contributed by atoms with Crippen LogP contribution in [0.5, 0.6) is 5.75 Å². The fraction of sp³-hybridized carbons (Fsp3) is 0.562. The van der Waals surface area contributed by atoms with Crippen LogP contribution in [-0.4, -0.2) is 18.6 Å². The molecule has 3 atom stereocenters. The molecular formula is C16H26N2O2. The number of nitrogens with two attached hydrogens (primary N) is 1. The van der Waals surface area contributed by atoms with E-state index in [0.717, 1.165) is 17.7 Å². The predicted octanol–water partition coefficient (Wildman–Crippen LogP) is 2.64. The van der Waals surface area contributed by atoms with Gasteiger partial charge in [0.05, 0.1) is 18.7 Å². The zero-order valence-electron chi connectivity index (χ0n) is 12.8. The van der Waals surface area contributed by atoms with Crippen molar-refractivity contribution in [2.45, 2.75) is 46.2 Å². The summed E-state index contributed by atoms with van der Waals surface area (Å²) in [4.78, 5) is 12.1. The average molecular weight is 278 g/mol. The van der Waals surface area contributed by atoms with Crippen LogP contribution in [0.15, 0.2) is 24.3 Å². The summed E-state index contributed by atoms with van der Waals surface area (Å²) in [6.07, 6.45) is 0.892. The Bertz CT molecular complexity index is 434. The molecule has 1 amide bonds. The van der Waals surface area contributed by atoms with E-state index in [1.807, 2.05) is 52.0 Å². The van der Waals surface area contributed by atoms with E-state index in [-0.39, 0.29) is 17.9 Å². The predicted molar refractivity (Wildman–Crippen MR) is 81.6 cm³/mol. The molecule has 0 spiro atoms. The molecule has 0 aromatic heterocycles. The van der Waals surface area contributed by atoms with Crippen LogP contribution in [0.25, 0.3) is 0 Å². The second-order valence-corrected chi connectivity index (χ2v) is 5.15. The van der Waals surface area contributed by atoms with Crippen LogP contribution in [0, 0.1) is 5.92 Å². The fourth-order valence-corrected chi connectivity index (χ4v) is 1.95. The van der Waals surface area contributed by atoms with E-state index in [1.165, 1.54) is 0 Å². The molecule has 0 aliphatic carbocycles. The molecule has 1 aromatic carbocycles. The maximum atomic E-state index is 12.1. The van der Waals surface area contributed by atoms with Gasteiger partial charge in [0.1, 0.15) is 5.75 Å². The third-order valence-electron chi connectivity index (χ3n) is 3.59. The lowest BCUT2D eigenvalue weighted by Crippen LogP contribution is -2.45. The number of hydrogen-bond acceptors (Lipinski definition) is 3. The Balaban J connectivity index is 2.68. The van der Waals surface area contributed by atoms with Crippen molar-refractivity contribution >= 4 is 5.91 Å². The molecule has 0 bridgehead atoms. The average Bonchev–Trinajstić information content (AvgIpc) is 2.46. The van der Waals surface area contributed by atoms with Gasteiger partial charge in [0, 0.05) is 0 Å². The summed E-state index contributed by atoms with van der Waals surface area (Å²) in [5, 5.41) is 2.96. The van der Waals surface area contributed by atoms with Gasteiger partial charge in [-0.15, -0.1) is 0 Å². The highest BCUT2D eigenvalue weighted by atomic mass is 16.5. The first-order chi connectivity index (χ1) is 9.49. The molecule has 3 N–H and O–H groups in total. The van der Waals surface area contributed by atoms with E-state index in [9.17, 15) is 4.79 Å². The Morgan fingerprint density at radius 3 is 2.65 bits per heavy atom. The molecule has 112 valence electrons. The lowest BCUT2D eigenvalue weighted by atomic mass is 9.98. The van der Waals surface area contributed by atoms with E-state index in [4.69, 9.17) is 10.5 Å². The Morgan fingerprint density at radius 2 is 2.05 bits per heavy atom. The number of hydrogen-bond donors (Lipinski definition) is 2. The summed E-state index contributed by atoms with van der Waals surface area (Å²) in [6.45, 7) is 8.55. The molecule has 0 aliphatic heterocycles. The van der Waals surface area contributed by atoms with Crippen LogP contribution in [0.2, 0.25) is 0 Å². The Labute approximate surface area is 121 Å². The maximum absolute atomic E-state index is 12.1. The molecule has 0 heterocycles. The molecule has 4 heteroatoms. The maximum Gasteiger partial charge on any atom is 0.237 e. The highest BCUT2D eigenvalue weighted by molar-refractivity contribution is 5.82. The zero-order chi connectivity index (χ0) is 15.1. The van der Waals surface area contributed by atoms with E-state index < -0.39 is 6.04 Å². The topological polar surface area (TPSA) is 64.3 Å². The SMILES string of the molecule is CCOc1cccc(C(C)NC(=O)[C@@H](N)[C@@H](C)CC)c1. The molecule has 4 nitrogen and oxygen atoms in total. The smallest absolute Gasteiger partial charge is 0.237 e. The number of benzene rings is 1. The highest BCUT2D eigenvalue weighted by Gasteiger charge is 2.21. The second kappa shape index (κ2) is 7.90. The van der Waals surface area contributed by atoms with E-state index in [2.05, 4.69) is 5.32 Å². The van der Waals surface area contributed by atoms with Gasteiger partial charge < -0.3 is 15.8 Å². The lowest BCUT2D eigenvalue weighted by molar-refractivity contribution is -0.124. The number of carbonyl (C=O) groups is 1. The van der Waals surface area contributed by atoms with Gasteiger partial charge in [0.2, 0.25) is 5.91 Å². The van der Waals surface area contributed by atoms with Crippen LogP contribution >= 0.6 is 0 Å². The standard InChI is InChI=1S/C16H26N2O2/c1-5-11(3)15(17)16(19)18-12(4)13-8-7-9-14(10-13)20-6-2/h7-12,15H,5-6,17H2,1-4H3,(H,18,19)/t11-,12?,15-/m0/s1. The molecule has 1 aromatic rings. The monoisotopic (exact) mass is 278 g/mol. The molecule has 0 aliphatic rings. The molecule has 0 saturated heterocycles. The number of amides is 1. The van der Waals surface area contributed by atoms with E-state index >= 15 is 0 Å². The lowest BCUT2D eigenvalue weighted by Gasteiger charge is -2.21. The van der Waals surface area contributed by atoms with Crippen molar-refractivity contribution in [3.63, 3.8) is 0 Å². The van der Waals surface area contributed by atoms with Crippen LogP contribution in [0.3, 0.4) is 0 Å².